The van der Waals surface area contributed by atoms with Crippen molar-refractivity contribution in [2.75, 3.05) is 13.1 Å². The Hall–Kier alpha value is -3.16. The van der Waals surface area contributed by atoms with Gasteiger partial charge in [0.05, 0.1) is 24.2 Å². The van der Waals surface area contributed by atoms with E-state index in [-0.39, 0.29) is 36.4 Å². The molecular formula is C17H18N4O4. The Kier molecular flexibility index (Phi) is 4.78. The average molecular weight is 342 g/mol. The van der Waals surface area contributed by atoms with Crippen molar-refractivity contribution in [2.45, 2.75) is 19.0 Å². The SMILES string of the molecule is O=C1CC(c2ccccc2)N(C(=O)Cn2cc(C(=O)O)cn2)CCN1. The second-order valence-corrected chi connectivity index (χ2v) is 5.80. The van der Waals surface area contributed by atoms with E-state index in [0.717, 1.165) is 5.56 Å². The number of aromatic nitrogens is 2. The van der Waals surface area contributed by atoms with E-state index < -0.39 is 5.97 Å². The number of hydrogen-bond donors (Lipinski definition) is 2. The lowest BCUT2D eigenvalue weighted by atomic mass is 10.0. The third-order valence-electron chi connectivity index (χ3n) is 4.11. The first-order chi connectivity index (χ1) is 12.0. The zero-order valence-corrected chi connectivity index (χ0v) is 13.5. The summed E-state index contributed by atoms with van der Waals surface area (Å²) in [6, 6.07) is 9.04. The molecular weight excluding hydrogens is 324 g/mol. The highest BCUT2D eigenvalue weighted by Crippen LogP contribution is 2.26. The Balaban J connectivity index is 1.81. The van der Waals surface area contributed by atoms with E-state index in [0.29, 0.717) is 13.1 Å². The fraction of sp³-hybridized carbons (Fsp3) is 0.294. The summed E-state index contributed by atoms with van der Waals surface area (Å²) in [5.41, 5.74) is 0.916. The monoisotopic (exact) mass is 342 g/mol. The molecule has 1 unspecified atom stereocenters. The van der Waals surface area contributed by atoms with Crippen LogP contribution < -0.4 is 5.32 Å². The van der Waals surface area contributed by atoms with Crippen LogP contribution in [-0.2, 0) is 16.1 Å². The molecule has 1 aliphatic heterocycles. The summed E-state index contributed by atoms with van der Waals surface area (Å²) in [4.78, 5) is 37.3. The smallest absolute Gasteiger partial charge is 0.338 e. The number of nitrogens with one attached hydrogen (secondary N) is 1. The highest BCUT2D eigenvalue weighted by molar-refractivity contribution is 5.87. The predicted molar refractivity (Wildman–Crippen MR) is 87.7 cm³/mol. The van der Waals surface area contributed by atoms with Gasteiger partial charge < -0.3 is 15.3 Å². The van der Waals surface area contributed by atoms with Crippen molar-refractivity contribution in [2.24, 2.45) is 0 Å². The number of rotatable bonds is 4. The van der Waals surface area contributed by atoms with Crippen LogP contribution in [0.2, 0.25) is 0 Å². The van der Waals surface area contributed by atoms with Crippen LogP contribution >= 0.6 is 0 Å². The molecule has 3 rings (SSSR count). The number of carboxylic acid groups (broad SMARTS) is 1. The van der Waals surface area contributed by atoms with Gasteiger partial charge in [-0.05, 0) is 5.56 Å². The summed E-state index contributed by atoms with van der Waals surface area (Å²) in [6.07, 6.45) is 2.71. The number of carboxylic acids is 1. The van der Waals surface area contributed by atoms with Crippen LogP contribution in [0.1, 0.15) is 28.4 Å². The number of benzene rings is 1. The van der Waals surface area contributed by atoms with Crippen molar-refractivity contribution in [3.63, 3.8) is 0 Å². The summed E-state index contributed by atoms with van der Waals surface area (Å²) in [7, 11) is 0. The summed E-state index contributed by atoms with van der Waals surface area (Å²) >= 11 is 0. The first-order valence-electron chi connectivity index (χ1n) is 7.91. The fourth-order valence-electron chi connectivity index (χ4n) is 2.89. The largest absolute Gasteiger partial charge is 0.478 e. The van der Waals surface area contributed by atoms with Gasteiger partial charge in [0.2, 0.25) is 11.8 Å². The van der Waals surface area contributed by atoms with Gasteiger partial charge in [-0.25, -0.2) is 4.79 Å². The third kappa shape index (κ3) is 3.85. The lowest BCUT2D eigenvalue weighted by Gasteiger charge is -2.29. The van der Waals surface area contributed by atoms with E-state index in [4.69, 9.17) is 5.11 Å². The van der Waals surface area contributed by atoms with E-state index in [2.05, 4.69) is 10.4 Å². The molecule has 0 saturated carbocycles. The van der Waals surface area contributed by atoms with Crippen molar-refractivity contribution < 1.29 is 19.5 Å². The Morgan fingerprint density at radius 1 is 1.28 bits per heavy atom. The Labute approximate surface area is 144 Å². The summed E-state index contributed by atoms with van der Waals surface area (Å²) in [6.45, 7) is 0.690. The molecule has 1 saturated heterocycles. The zero-order valence-electron chi connectivity index (χ0n) is 13.5. The molecule has 2 N–H and O–H groups in total. The Morgan fingerprint density at radius 2 is 2.04 bits per heavy atom. The molecule has 8 heteroatoms. The van der Waals surface area contributed by atoms with E-state index in [1.54, 1.807) is 4.90 Å². The molecule has 8 nitrogen and oxygen atoms in total. The predicted octanol–water partition coefficient (Wildman–Crippen LogP) is 0.671. The molecule has 0 aliphatic carbocycles. The standard InChI is InChI=1S/C17H18N4O4/c22-15-8-14(12-4-2-1-3-5-12)21(7-6-18-15)16(23)11-20-10-13(9-19-20)17(24)25/h1-5,9-10,14H,6-8,11H2,(H,18,22)(H,24,25). The van der Waals surface area contributed by atoms with Gasteiger partial charge in [0.15, 0.2) is 0 Å². The van der Waals surface area contributed by atoms with Crippen LogP contribution in [0.5, 0.6) is 0 Å². The molecule has 2 aromatic rings. The lowest BCUT2D eigenvalue weighted by Crippen LogP contribution is -2.38. The minimum absolute atomic E-state index is 0.0279. The second kappa shape index (κ2) is 7.16. The molecule has 0 radical (unpaired) electrons. The van der Waals surface area contributed by atoms with E-state index in [1.165, 1.54) is 17.1 Å². The lowest BCUT2D eigenvalue weighted by molar-refractivity contribution is -0.134. The Morgan fingerprint density at radius 3 is 2.72 bits per heavy atom. The molecule has 1 aromatic heterocycles. The first kappa shape index (κ1) is 16.7. The second-order valence-electron chi connectivity index (χ2n) is 5.80. The van der Waals surface area contributed by atoms with Crippen molar-refractivity contribution in [3.05, 3.63) is 53.9 Å². The summed E-state index contributed by atoms with van der Waals surface area (Å²) < 4.78 is 1.30. The number of nitrogens with zero attached hydrogens (tertiary/aromatic N) is 3. The third-order valence-corrected chi connectivity index (χ3v) is 4.11. The molecule has 1 aliphatic rings. The maximum atomic E-state index is 12.8. The maximum Gasteiger partial charge on any atom is 0.338 e. The van der Waals surface area contributed by atoms with E-state index >= 15 is 0 Å². The van der Waals surface area contributed by atoms with Gasteiger partial charge in [-0.3, -0.25) is 14.3 Å². The Bertz CT molecular complexity index is 787. The van der Waals surface area contributed by atoms with Gasteiger partial charge in [-0.2, -0.15) is 5.10 Å². The summed E-state index contributed by atoms with van der Waals surface area (Å²) in [5, 5.41) is 15.6. The molecule has 130 valence electrons. The van der Waals surface area contributed by atoms with Crippen LogP contribution in [0.25, 0.3) is 0 Å². The van der Waals surface area contributed by atoms with Crippen molar-refractivity contribution in [1.82, 2.24) is 20.0 Å². The number of carbonyl (C=O) groups excluding carboxylic acids is 2. The molecule has 1 aromatic carbocycles. The van der Waals surface area contributed by atoms with Crippen LogP contribution in [0.15, 0.2) is 42.7 Å². The molecule has 2 amide bonds. The quantitative estimate of drug-likeness (QED) is 0.850. The molecule has 1 atom stereocenters. The topological polar surface area (TPSA) is 105 Å². The molecule has 25 heavy (non-hydrogen) atoms. The van der Waals surface area contributed by atoms with Crippen LogP contribution in [0, 0.1) is 0 Å². The molecule has 1 fully saturated rings. The van der Waals surface area contributed by atoms with Gasteiger partial charge >= 0.3 is 5.97 Å². The van der Waals surface area contributed by atoms with Crippen molar-refractivity contribution >= 4 is 17.8 Å². The van der Waals surface area contributed by atoms with Crippen LogP contribution in [0.3, 0.4) is 0 Å². The highest BCUT2D eigenvalue weighted by Gasteiger charge is 2.29. The van der Waals surface area contributed by atoms with Crippen molar-refractivity contribution in [1.29, 1.82) is 0 Å². The van der Waals surface area contributed by atoms with E-state index in [1.807, 2.05) is 30.3 Å². The van der Waals surface area contributed by atoms with Gasteiger partial charge in [0.25, 0.3) is 0 Å². The van der Waals surface area contributed by atoms with Gasteiger partial charge in [0.1, 0.15) is 6.54 Å². The molecule has 2 heterocycles. The normalized spacial score (nSPS) is 17.7. The number of hydrogen-bond acceptors (Lipinski definition) is 4. The minimum Gasteiger partial charge on any atom is -0.478 e. The molecule has 0 bridgehead atoms. The maximum absolute atomic E-state index is 12.8. The zero-order chi connectivity index (χ0) is 17.8. The van der Waals surface area contributed by atoms with Crippen LogP contribution in [-0.4, -0.2) is 50.7 Å². The van der Waals surface area contributed by atoms with Gasteiger partial charge in [-0.1, -0.05) is 30.3 Å². The van der Waals surface area contributed by atoms with Crippen molar-refractivity contribution in [3.8, 4) is 0 Å². The number of aromatic carboxylic acids is 1. The highest BCUT2D eigenvalue weighted by atomic mass is 16.4. The van der Waals surface area contributed by atoms with Gasteiger partial charge in [-0.15, -0.1) is 0 Å². The fourth-order valence-corrected chi connectivity index (χ4v) is 2.89. The van der Waals surface area contributed by atoms with Gasteiger partial charge in [0, 0.05) is 19.3 Å². The van der Waals surface area contributed by atoms with E-state index in [9.17, 15) is 14.4 Å². The summed E-state index contributed by atoms with van der Waals surface area (Å²) in [5.74, 6) is -1.41. The first-order valence-corrected chi connectivity index (χ1v) is 7.91. The average Bonchev–Trinajstić information content (AvgIpc) is 2.97. The molecule has 0 spiro atoms. The minimum atomic E-state index is -1.09. The number of amides is 2. The number of carbonyl (C=O) groups is 3. The van der Waals surface area contributed by atoms with Crippen LogP contribution in [0.4, 0.5) is 0 Å².